The molecule has 0 aliphatic carbocycles. The third-order valence-corrected chi connectivity index (χ3v) is 3.22. The summed E-state index contributed by atoms with van der Waals surface area (Å²) >= 11 is 0. The molecule has 1 heterocycles. The van der Waals surface area contributed by atoms with Crippen molar-refractivity contribution in [3.8, 4) is 17.0 Å². The summed E-state index contributed by atoms with van der Waals surface area (Å²) in [6, 6.07) is 6.28. The predicted octanol–water partition coefficient (Wildman–Crippen LogP) is 4.13. The fraction of sp³-hybridized carbons (Fsp3) is 0.438. The number of rotatable bonds is 6. The van der Waals surface area contributed by atoms with Crippen LogP contribution >= 0.6 is 0 Å². The lowest BCUT2D eigenvalue weighted by Crippen LogP contribution is -1.96. The third kappa shape index (κ3) is 3.16. The molecule has 102 valence electrons. The average molecular weight is 258 g/mol. The lowest BCUT2D eigenvalue weighted by Gasteiger charge is -2.11. The van der Waals surface area contributed by atoms with E-state index in [0.717, 1.165) is 23.4 Å². The summed E-state index contributed by atoms with van der Waals surface area (Å²) in [4.78, 5) is 0. The van der Waals surface area contributed by atoms with E-state index >= 15 is 0 Å². The van der Waals surface area contributed by atoms with Gasteiger partial charge in [0.15, 0.2) is 0 Å². The summed E-state index contributed by atoms with van der Waals surface area (Å²) in [5, 5.41) is 7.33. The molecule has 3 nitrogen and oxygen atoms in total. The molecule has 19 heavy (non-hydrogen) atoms. The zero-order valence-corrected chi connectivity index (χ0v) is 12.0. The molecule has 1 aromatic carbocycles. The van der Waals surface area contributed by atoms with Gasteiger partial charge in [0.2, 0.25) is 0 Å². The molecule has 3 heteroatoms. The van der Waals surface area contributed by atoms with Gasteiger partial charge in [0.25, 0.3) is 0 Å². The van der Waals surface area contributed by atoms with Crippen molar-refractivity contribution in [2.75, 3.05) is 6.61 Å². The summed E-state index contributed by atoms with van der Waals surface area (Å²) in [6.07, 6.45) is 5.37. The molecule has 0 aliphatic heterocycles. The van der Waals surface area contributed by atoms with Crippen LogP contribution in [0.5, 0.6) is 5.75 Å². The van der Waals surface area contributed by atoms with E-state index in [2.05, 4.69) is 36.2 Å². The Kier molecular flexibility index (Phi) is 4.61. The molecule has 2 rings (SSSR count). The zero-order valence-electron chi connectivity index (χ0n) is 12.0. The van der Waals surface area contributed by atoms with Crippen LogP contribution in [0.15, 0.2) is 24.4 Å². The van der Waals surface area contributed by atoms with E-state index in [-0.39, 0.29) is 0 Å². The number of nitrogens with one attached hydrogen (secondary N) is 1. The Hall–Kier alpha value is -1.77. The third-order valence-electron chi connectivity index (χ3n) is 3.22. The minimum absolute atomic E-state index is 0.675. The number of H-pyrrole nitrogens is 1. The fourth-order valence-corrected chi connectivity index (χ4v) is 2.22. The number of aromatic amines is 1. The predicted molar refractivity (Wildman–Crippen MR) is 78.5 cm³/mol. The highest BCUT2D eigenvalue weighted by Crippen LogP contribution is 2.32. The van der Waals surface area contributed by atoms with Crippen molar-refractivity contribution in [2.24, 2.45) is 0 Å². The molecule has 0 fully saturated rings. The molecule has 0 amide bonds. The van der Waals surface area contributed by atoms with E-state index < -0.39 is 0 Å². The van der Waals surface area contributed by atoms with Gasteiger partial charge in [-0.05, 0) is 44.4 Å². The standard InChI is InChI=1S/C16H22N2O/c1-4-6-7-13-11-17-18-16(13)14-10-12(3)8-9-15(14)19-5-2/h8-11H,4-7H2,1-3H3,(H,17,18). The summed E-state index contributed by atoms with van der Waals surface area (Å²) in [7, 11) is 0. The Morgan fingerprint density at radius 1 is 1.26 bits per heavy atom. The quantitative estimate of drug-likeness (QED) is 0.846. The van der Waals surface area contributed by atoms with Gasteiger partial charge in [-0.3, -0.25) is 5.10 Å². The Balaban J connectivity index is 2.39. The van der Waals surface area contributed by atoms with Crippen LogP contribution in [0.4, 0.5) is 0 Å². The molecule has 0 unspecified atom stereocenters. The Labute approximate surface area is 115 Å². The minimum atomic E-state index is 0.675. The molecule has 1 aromatic heterocycles. The SMILES string of the molecule is CCCCc1cn[nH]c1-c1cc(C)ccc1OCC. The second kappa shape index (κ2) is 6.41. The lowest BCUT2D eigenvalue weighted by molar-refractivity contribution is 0.341. The number of hydrogen-bond acceptors (Lipinski definition) is 2. The van der Waals surface area contributed by atoms with Gasteiger partial charge in [0.05, 0.1) is 18.5 Å². The maximum atomic E-state index is 5.73. The van der Waals surface area contributed by atoms with Crippen LogP contribution < -0.4 is 4.74 Å². The molecule has 0 saturated carbocycles. The number of aryl methyl sites for hydroxylation is 2. The number of aromatic nitrogens is 2. The van der Waals surface area contributed by atoms with E-state index in [0.29, 0.717) is 6.61 Å². The van der Waals surface area contributed by atoms with Crippen molar-refractivity contribution in [3.63, 3.8) is 0 Å². The minimum Gasteiger partial charge on any atom is -0.493 e. The lowest BCUT2D eigenvalue weighted by atomic mass is 10.0. The Morgan fingerprint density at radius 3 is 2.84 bits per heavy atom. The van der Waals surface area contributed by atoms with Gasteiger partial charge in [-0.2, -0.15) is 5.10 Å². The van der Waals surface area contributed by atoms with Crippen LogP contribution in [0, 0.1) is 6.92 Å². The number of unbranched alkanes of at least 4 members (excludes halogenated alkanes) is 1. The van der Waals surface area contributed by atoms with Gasteiger partial charge in [0.1, 0.15) is 5.75 Å². The molecule has 0 radical (unpaired) electrons. The van der Waals surface area contributed by atoms with Crippen LogP contribution in [0.3, 0.4) is 0 Å². The maximum absolute atomic E-state index is 5.73. The van der Waals surface area contributed by atoms with Crippen molar-refractivity contribution in [1.82, 2.24) is 10.2 Å². The van der Waals surface area contributed by atoms with Crippen LogP contribution in [-0.2, 0) is 6.42 Å². The molecule has 1 N–H and O–H groups in total. The number of nitrogens with zero attached hydrogens (tertiary/aromatic N) is 1. The summed E-state index contributed by atoms with van der Waals surface area (Å²) in [5.41, 5.74) is 4.72. The summed E-state index contributed by atoms with van der Waals surface area (Å²) in [6.45, 7) is 6.99. The molecular formula is C16H22N2O. The van der Waals surface area contributed by atoms with Crippen molar-refractivity contribution < 1.29 is 4.74 Å². The number of benzene rings is 1. The van der Waals surface area contributed by atoms with E-state index in [1.165, 1.54) is 24.0 Å². The van der Waals surface area contributed by atoms with Crippen LogP contribution in [0.1, 0.15) is 37.8 Å². The summed E-state index contributed by atoms with van der Waals surface area (Å²) < 4.78 is 5.73. The fourth-order valence-electron chi connectivity index (χ4n) is 2.22. The highest BCUT2D eigenvalue weighted by molar-refractivity contribution is 5.70. The highest BCUT2D eigenvalue weighted by atomic mass is 16.5. The van der Waals surface area contributed by atoms with Gasteiger partial charge in [0, 0.05) is 5.56 Å². The normalized spacial score (nSPS) is 10.7. The van der Waals surface area contributed by atoms with Crippen LogP contribution in [0.2, 0.25) is 0 Å². The van der Waals surface area contributed by atoms with E-state index in [1.807, 2.05) is 19.2 Å². The molecule has 2 aromatic rings. The largest absolute Gasteiger partial charge is 0.493 e. The van der Waals surface area contributed by atoms with Gasteiger partial charge in [-0.15, -0.1) is 0 Å². The zero-order chi connectivity index (χ0) is 13.7. The van der Waals surface area contributed by atoms with E-state index in [4.69, 9.17) is 4.74 Å². The van der Waals surface area contributed by atoms with Crippen molar-refractivity contribution in [2.45, 2.75) is 40.0 Å². The Morgan fingerprint density at radius 2 is 2.11 bits per heavy atom. The van der Waals surface area contributed by atoms with Crippen molar-refractivity contribution in [3.05, 3.63) is 35.5 Å². The topological polar surface area (TPSA) is 37.9 Å². The first-order valence-corrected chi connectivity index (χ1v) is 7.02. The van der Waals surface area contributed by atoms with Crippen LogP contribution in [-0.4, -0.2) is 16.8 Å². The van der Waals surface area contributed by atoms with E-state index in [9.17, 15) is 0 Å². The maximum Gasteiger partial charge on any atom is 0.128 e. The van der Waals surface area contributed by atoms with Crippen LogP contribution in [0.25, 0.3) is 11.3 Å². The average Bonchev–Trinajstić information content (AvgIpc) is 2.87. The van der Waals surface area contributed by atoms with Gasteiger partial charge in [-0.25, -0.2) is 0 Å². The van der Waals surface area contributed by atoms with Crippen molar-refractivity contribution in [1.29, 1.82) is 0 Å². The second-order valence-electron chi connectivity index (χ2n) is 4.81. The highest BCUT2D eigenvalue weighted by Gasteiger charge is 2.12. The molecular weight excluding hydrogens is 236 g/mol. The Bertz CT molecular complexity index is 531. The molecule has 0 atom stereocenters. The van der Waals surface area contributed by atoms with E-state index in [1.54, 1.807) is 0 Å². The molecule has 0 aliphatic rings. The van der Waals surface area contributed by atoms with Gasteiger partial charge >= 0.3 is 0 Å². The van der Waals surface area contributed by atoms with Gasteiger partial charge in [-0.1, -0.05) is 25.0 Å². The van der Waals surface area contributed by atoms with Crippen molar-refractivity contribution >= 4 is 0 Å². The first kappa shape index (κ1) is 13.7. The number of hydrogen-bond donors (Lipinski definition) is 1. The monoisotopic (exact) mass is 258 g/mol. The summed E-state index contributed by atoms with van der Waals surface area (Å²) in [5.74, 6) is 0.926. The smallest absolute Gasteiger partial charge is 0.128 e. The second-order valence-corrected chi connectivity index (χ2v) is 4.81. The first-order valence-electron chi connectivity index (χ1n) is 7.02. The van der Waals surface area contributed by atoms with Gasteiger partial charge < -0.3 is 4.74 Å². The molecule has 0 saturated heterocycles. The molecule has 0 bridgehead atoms. The first-order chi connectivity index (χ1) is 9.26. The number of ether oxygens (including phenoxy) is 1. The molecule has 0 spiro atoms.